The van der Waals surface area contributed by atoms with Crippen LogP contribution in [0.15, 0.2) is 53.4 Å². The molecule has 0 saturated carbocycles. The summed E-state index contributed by atoms with van der Waals surface area (Å²) < 4.78 is 26.8. The standard InChI is InChI=1S/C19H21ClN4O5S/c1-14(19(25)21-18-13-15(24(26)27)7-8-17(18)20)22-9-11-23(12-10-22)30(28,29)16-5-3-2-4-6-16/h2-8,13-14H,9-12H2,1H3,(H,21,25)/t14-/m1/s1. The van der Waals surface area contributed by atoms with Crippen molar-refractivity contribution in [1.29, 1.82) is 0 Å². The molecule has 1 aliphatic heterocycles. The zero-order chi connectivity index (χ0) is 21.9. The first kappa shape index (κ1) is 22.2. The van der Waals surface area contributed by atoms with E-state index in [1.165, 1.54) is 22.5 Å². The number of carbonyl (C=O) groups excluding carboxylic acids is 1. The predicted molar refractivity (Wildman–Crippen MR) is 113 cm³/mol. The van der Waals surface area contributed by atoms with Crippen LogP contribution in [0.5, 0.6) is 0 Å². The fourth-order valence-corrected chi connectivity index (χ4v) is 4.81. The molecule has 2 aromatic rings. The van der Waals surface area contributed by atoms with Gasteiger partial charge in [0, 0.05) is 38.3 Å². The molecule has 0 bridgehead atoms. The van der Waals surface area contributed by atoms with Crippen molar-refractivity contribution in [3.05, 3.63) is 63.7 Å². The van der Waals surface area contributed by atoms with Gasteiger partial charge in [0.1, 0.15) is 0 Å². The lowest BCUT2D eigenvalue weighted by atomic mass is 10.2. The highest BCUT2D eigenvalue weighted by atomic mass is 35.5. The number of nitro groups is 1. The Morgan fingerprint density at radius 3 is 2.37 bits per heavy atom. The molecule has 9 nitrogen and oxygen atoms in total. The van der Waals surface area contributed by atoms with Gasteiger partial charge in [-0.05, 0) is 25.1 Å². The lowest BCUT2D eigenvalue weighted by Crippen LogP contribution is -2.53. The third-order valence-corrected chi connectivity index (χ3v) is 7.24. The van der Waals surface area contributed by atoms with Gasteiger partial charge in [0.05, 0.1) is 26.6 Å². The minimum atomic E-state index is -3.57. The molecule has 0 aromatic heterocycles. The molecule has 0 unspecified atom stereocenters. The number of benzene rings is 2. The lowest BCUT2D eigenvalue weighted by molar-refractivity contribution is -0.384. The molecule has 1 heterocycles. The summed E-state index contributed by atoms with van der Waals surface area (Å²) in [7, 11) is -3.57. The van der Waals surface area contributed by atoms with Crippen LogP contribution in [0, 0.1) is 10.1 Å². The van der Waals surface area contributed by atoms with E-state index in [-0.39, 0.29) is 40.3 Å². The summed E-state index contributed by atoms with van der Waals surface area (Å²) in [6.45, 7) is 2.97. The minimum absolute atomic E-state index is 0.160. The van der Waals surface area contributed by atoms with E-state index in [0.717, 1.165) is 0 Å². The topological polar surface area (TPSA) is 113 Å². The Labute approximate surface area is 179 Å². The van der Waals surface area contributed by atoms with Crippen LogP contribution in [0.3, 0.4) is 0 Å². The van der Waals surface area contributed by atoms with Crippen LogP contribution in [-0.4, -0.2) is 60.7 Å². The fourth-order valence-electron chi connectivity index (χ4n) is 3.20. The van der Waals surface area contributed by atoms with Crippen molar-refractivity contribution in [3.63, 3.8) is 0 Å². The number of hydrogen-bond acceptors (Lipinski definition) is 6. The van der Waals surface area contributed by atoms with Crippen LogP contribution in [0.25, 0.3) is 0 Å². The second-order valence-corrected chi connectivity index (χ2v) is 9.18. The lowest BCUT2D eigenvalue weighted by Gasteiger charge is -2.36. The van der Waals surface area contributed by atoms with Gasteiger partial charge in [-0.2, -0.15) is 4.31 Å². The summed E-state index contributed by atoms with van der Waals surface area (Å²) in [6, 6.07) is 11.5. The van der Waals surface area contributed by atoms with Gasteiger partial charge in [0.15, 0.2) is 0 Å². The maximum atomic E-state index is 12.7. The van der Waals surface area contributed by atoms with Crippen LogP contribution in [0.2, 0.25) is 5.02 Å². The zero-order valence-electron chi connectivity index (χ0n) is 16.2. The number of non-ortho nitro benzene ring substituents is 1. The van der Waals surface area contributed by atoms with Gasteiger partial charge in [-0.1, -0.05) is 29.8 Å². The molecular weight excluding hydrogens is 432 g/mol. The Balaban J connectivity index is 1.63. The molecule has 1 N–H and O–H groups in total. The number of amides is 1. The van der Waals surface area contributed by atoms with Crippen molar-refractivity contribution in [2.45, 2.75) is 17.9 Å². The molecule has 0 radical (unpaired) electrons. The number of anilines is 1. The van der Waals surface area contributed by atoms with Gasteiger partial charge < -0.3 is 5.32 Å². The number of sulfonamides is 1. The summed E-state index contributed by atoms with van der Waals surface area (Å²) >= 11 is 6.04. The normalized spacial score (nSPS) is 16.7. The van der Waals surface area contributed by atoms with E-state index in [4.69, 9.17) is 11.6 Å². The number of carbonyl (C=O) groups is 1. The summed E-state index contributed by atoms with van der Waals surface area (Å²) in [6.07, 6.45) is 0. The van der Waals surface area contributed by atoms with Gasteiger partial charge in [-0.15, -0.1) is 0 Å². The number of nitro benzene ring substituents is 1. The quantitative estimate of drug-likeness (QED) is 0.532. The molecule has 160 valence electrons. The zero-order valence-corrected chi connectivity index (χ0v) is 17.8. The first-order valence-electron chi connectivity index (χ1n) is 9.24. The molecule has 11 heteroatoms. The molecular formula is C19H21ClN4O5S. The number of nitrogens with zero attached hydrogens (tertiary/aromatic N) is 3. The number of nitrogens with one attached hydrogen (secondary N) is 1. The molecule has 1 aliphatic rings. The molecule has 1 atom stereocenters. The molecule has 0 aliphatic carbocycles. The van der Waals surface area contributed by atoms with Gasteiger partial charge in [-0.3, -0.25) is 19.8 Å². The summed E-state index contributed by atoms with van der Waals surface area (Å²) in [5.41, 5.74) is -0.0184. The van der Waals surface area contributed by atoms with E-state index in [1.54, 1.807) is 37.3 Å². The number of rotatable bonds is 6. The summed E-state index contributed by atoms with van der Waals surface area (Å²) in [5.74, 6) is -0.378. The highest BCUT2D eigenvalue weighted by Crippen LogP contribution is 2.27. The first-order chi connectivity index (χ1) is 14.2. The Kier molecular flexibility index (Phi) is 6.71. The maximum Gasteiger partial charge on any atom is 0.271 e. The highest BCUT2D eigenvalue weighted by Gasteiger charge is 2.32. The van der Waals surface area contributed by atoms with Gasteiger partial charge in [0.2, 0.25) is 15.9 Å². The third-order valence-electron chi connectivity index (χ3n) is 5.00. The van der Waals surface area contributed by atoms with Crippen LogP contribution in [0.1, 0.15) is 6.92 Å². The van der Waals surface area contributed by atoms with E-state index in [9.17, 15) is 23.3 Å². The SMILES string of the molecule is C[C@H](C(=O)Nc1cc([N+](=O)[O-])ccc1Cl)N1CCN(S(=O)(=O)c2ccccc2)CC1. The van der Waals surface area contributed by atoms with E-state index >= 15 is 0 Å². The summed E-state index contributed by atoms with van der Waals surface area (Å²) in [4.78, 5) is 25.1. The van der Waals surface area contributed by atoms with Crippen LogP contribution in [0.4, 0.5) is 11.4 Å². The van der Waals surface area contributed by atoms with Gasteiger partial charge in [0.25, 0.3) is 5.69 Å². The predicted octanol–water partition coefficient (Wildman–Crippen LogP) is 2.58. The number of piperazine rings is 1. The molecule has 2 aromatic carbocycles. The smallest absolute Gasteiger partial charge is 0.271 e. The van der Waals surface area contributed by atoms with Crippen LogP contribution in [-0.2, 0) is 14.8 Å². The van der Waals surface area contributed by atoms with Crippen molar-refractivity contribution in [2.75, 3.05) is 31.5 Å². The Hall–Kier alpha value is -2.53. The van der Waals surface area contributed by atoms with E-state index < -0.39 is 21.0 Å². The van der Waals surface area contributed by atoms with Crippen LogP contribution >= 0.6 is 11.6 Å². The average Bonchev–Trinajstić information content (AvgIpc) is 2.75. The second-order valence-electron chi connectivity index (χ2n) is 6.84. The first-order valence-corrected chi connectivity index (χ1v) is 11.1. The van der Waals surface area contributed by atoms with Crippen molar-refractivity contribution in [3.8, 4) is 0 Å². The Morgan fingerprint density at radius 2 is 1.77 bits per heavy atom. The van der Waals surface area contributed by atoms with E-state index in [2.05, 4.69) is 5.32 Å². The van der Waals surface area contributed by atoms with Crippen molar-refractivity contribution < 1.29 is 18.1 Å². The molecule has 0 spiro atoms. The molecule has 3 rings (SSSR count). The molecule has 1 fully saturated rings. The maximum absolute atomic E-state index is 12.7. The Bertz CT molecular complexity index is 1040. The van der Waals surface area contributed by atoms with Gasteiger partial charge >= 0.3 is 0 Å². The van der Waals surface area contributed by atoms with Crippen molar-refractivity contribution >= 4 is 38.9 Å². The van der Waals surface area contributed by atoms with Crippen molar-refractivity contribution in [2.24, 2.45) is 0 Å². The fraction of sp³-hybridized carbons (Fsp3) is 0.316. The molecule has 1 amide bonds. The number of hydrogen-bond donors (Lipinski definition) is 1. The highest BCUT2D eigenvalue weighted by molar-refractivity contribution is 7.89. The van der Waals surface area contributed by atoms with Gasteiger partial charge in [-0.25, -0.2) is 8.42 Å². The van der Waals surface area contributed by atoms with E-state index in [0.29, 0.717) is 13.1 Å². The minimum Gasteiger partial charge on any atom is -0.323 e. The van der Waals surface area contributed by atoms with Crippen molar-refractivity contribution in [1.82, 2.24) is 9.21 Å². The summed E-state index contributed by atoms with van der Waals surface area (Å²) in [5, 5.41) is 13.7. The monoisotopic (exact) mass is 452 g/mol. The average molecular weight is 453 g/mol. The molecule has 30 heavy (non-hydrogen) atoms. The Morgan fingerprint density at radius 1 is 1.13 bits per heavy atom. The van der Waals surface area contributed by atoms with Crippen LogP contribution < -0.4 is 5.32 Å². The third kappa shape index (κ3) is 4.78. The second kappa shape index (κ2) is 9.09. The number of halogens is 1. The molecule has 1 saturated heterocycles. The largest absolute Gasteiger partial charge is 0.323 e. The van der Waals surface area contributed by atoms with E-state index in [1.807, 2.05) is 4.90 Å².